The molecule has 0 bridgehead atoms. The second-order valence-corrected chi connectivity index (χ2v) is 5.62. The molecule has 1 unspecified atom stereocenters. The van der Waals surface area contributed by atoms with E-state index < -0.39 is 0 Å². The molecule has 98 valence electrons. The first-order chi connectivity index (χ1) is 8.18. The highest BCUT2D eigenvalue weighted by molar-refractivity contribution is 7.09. The third-order valence-electron chi connectivity index (χ3n) is 3.30. The van der Waals surface area contributed by atoms with Gasteiger partial charge in [0.1, 0.15) is 5.01 Å². The molecule has 0 fully saturated rings. The van der Waals surface area contributed by atoms with Gasteiger partial charge in [0.2, 0.25) is 0 Å². The minimum atomic E-state index is 0.116. The highest BCUT2D eigenvalue weighted by atomic mass is 32.1. The molecule has 0 aliphatic carbocycles. The SMILES string of the molecule is CCCCC(CC)(NCCC)c1nc(C)cs1. The number of hydrogen-bond acceptors (Lipinski definition) is 3. The molecule has 0 aliphatic rings. The molecule has 0 spiro atoms. The highest BCUT2D eigenvalue weighted by Crippen LogP contribution is 2.33. The Balaban J connectivity index is 2.88. The number of nitrogens with one attached hydrogen (secondary N) is 1. The molecule has 1 heterocycles. The standard InChI is InChI=1S/C14H26N2S/c1-5-8-9-14(7-3,15-10-6-2)13-16-12(4)11-17-13/h11,15H,5-10H2,1-4H3. The molecule has 1 N–H and O–H groups in total. The van der Waals surface area contributed by atoms with Crippen LogP contribution in [0.3, 0.4) is 0 Å². The predicted octanol–water partition coefficient (Wildman–Crippen LogP) is 4.25. The predicted molar refractivity (Wildman–Crippen MR) is 76.6 cm³/mol. The minimum absolute atomic E-state index is 0.116. The summed E-state index contributed by atoms with van der Waals surface area (Å²) in [5.41, 5.74) is 1.27. The Morgan fingerprint density at radius 3 is 2.53 bits per heavy atom. The van der Waals surface area contributed by atoms with Crippen LogP contribution in [0.25, 0.3) is 0 Å². The van der Waals surface area contributed by atoms with Gasteiger partial charge in [-0.3, -0.25) is 0 Å². The lowest BCUT2D eigenvalue weighted by atomic mass is 9.90. The molecular formula is C14H26N2S. The van der Waals surface area contributed by atoms with Gasteiger partial charge in [-0.25, -0.2) is 4.98 Å². The van der Waals surface area contributed by atoms with Crippen LogP contribution in [0.2, 0.25) is 0 Å². The molecule has 0 amide bonds. The Bertz CT molecular complexity index is 312. The van der Waals surface area contributed by atoms with Gasteiger partial charge in [0, 0.05) is 11.1 Å². The fourth-order valence-corrected chi connectivity index (χ4v) is 3.22. The van der Waals surface area contributed by atoms with E-state index in [1.165, 1.54) is 30.7 Å². The number of unbranched alkanes of at least 4 members (excludes halogenated alkanes) is 1. The number of thiazole rings is 1. The first-order valence-corrected chi connectivity index (χ1v) is 7.74. The van der Waals surface area contributed by atoms with E-state index in [-0.39, 0.29) is 5.54 Å². The van der Waals surface area contributed by atoms with Crippen LogP contribution in [0.5, 0.6) is 0 Å². The molecule has 1 aromatic rings. The van der Waals surface area contributed by atoms with Crippen molar-refractivity contribution < 1.29 is 0 Å². The molecular weight excluding hydrogens is 228 g/mol. The topological polar surface area (TPSA) is 24.9 Å². The van der Waals surface area contributed by atoms with E-state index in [9.17, 15) is 0 Å². The van der Waals surface area contributed by atoms with Crippen LogP contribution in [0, 0.1) is 6.92 Å². The average Bonchev–Trinajstić information content (AvgIpc) is 2.77. The fourth-order valence-electron chi connectivity index (χ4n) is 2.14. The first-order valence-electron chi connectivity index (χ1n) is 6.86. The number of rotatable bonds is 8. The van der Waals surface area contributed by atoms with E-state index in [4.69, 9.17) is 4.98 Å². The Hall–Kier alpha value is -0.410. The van der Waals surface area contributed by atoms with Crippen molar-refractivity contribution in [2.45, 2.75) is 65.3 Å². The van der Waals surface area contributed by atoms with Crippen LogP contribution in [0.15, 0.2) is 5.38 Å². The molecule has 17 heavy (non-hydrogen) atoms. The summed E-state index contributed by atoms with van der Waals surface area (Å²) in [6, 6.07) is 0. The summed E-state index contributed by atoms with van der Waals surface area (Å²) in [5.74, 6) is 0. The second kappa shape index (κ2) is 7.12. The van der Waals surface area contributed by atoms with E-state index in [2.05, 4.69) is 38.4 Å². The van der Waals surface area contributed by atoms with Crippen LogP contribution in [0.4, 0.5) is 0 Å². The Morgan fingerprint density at radius 1 is 1.29 bits per heavy atom. The lowest BCUT2D eigenvalue weighted by Crippen LogP contribution is -2.42. The summed E-state index contributed by atoms with van der Waals surface area (Å²) < 4.78 is 0. The zero-order valence-electron chi connectivity index (χ0n) is 11.7. The first kappa shape index (κ1) is 14.7. The van der Waals surface area contributed by atoms with Crippen molar-refractivity contribution >= 4 is 11.3 Å². The second-order valence-electron chi connectivity index (χ2n) is 4.76. The summed E-state index contributed by atoms with van der Waals surface area (Å²) in [6.07, 6.45) is 6.02. The smallest absolute Gasteiger partial charge is 0.113 e. The van der Waals surface area contributed by atoms with Crippen LogP contribution in [-0.2, 0) is 5.54 Å². The zero-order chi connectivity index (χ0) is 12.7. The highest BCUT2D eigenvalue weighted by Gasteiger charge is 2.31. The molecule has 1 rings (SSSR count). The third-order valence-corrected chi connectivity index (χ3v) is 4.47. The minimum Gasteiger partial charge on any atom is -0.305 e. The van der Waals surface area contributed by atoms with Gasteiger partial charge >= 0.3 is 0 Å². The summed E-state index contributed by atoms with van der Waals surface area (Å²) in [4.78, 5) is 4.72. The molecule has 0 saturated carbocycles. The van der Waals surface area contributed by atoms with Crippen molar-refractivity contribution in [3.8, 4) is 0 Å². The van der Waals surface area contributed by atoms with E-state index in [0.717, 1.165) is 18.7 Å². The monoisotopic (exact) mass is 254 g/mol. The Labute approximate surface area is 110 Å². The lowest BCUT2D eigenvalue weighted by molar-refractivity contribution is 0.288. The van der Waals surface area contributed by atoms with Gasteiger partial charge in [0.15, 0.2) is 0 Å². The van der Waals surface area contributed by atoms with E-state index in [1.807, 2.05) is 11.3 Å². The normalized spacial score (nSPS) is 14.8. The van der Waals surface area contributed by atoms with Crippen molar-refractivity contribution in [1.29, 1.82) is 0 Å². The summed E-state index contributed by atoms with van der Waals surface area (Å²) in [5, 5.41) is 7.19. The maximum absolute atomic E-state index is 4.72. The third kappa shape index (κ3) is 3.78. The largest absolute Gasteiger partial charge is 0.305 e. The number of nitrogens with zero attached hydrogens (tertiary/aromatic N) is 1. The molecule has 1 atom stereocenters. The van der Waals surface area contributed by atoms with E-state index in [0.29, 0.717) is 0 Å². The molecule has 0 aliphatic heterocycles. The fraction of sp³-hybridized carbons (Fsp3) is 0.786. The van der Waals surface area contributed by atoms with E-state index in [1.54, 1.807) is 0 Å². The number of aromatic nitrogens is 1. The summed E-state index contributed by atoms with van der Waals surface area (Å²) in [6.45, 7) is 9.92. The van der Waals surface area contributed by atoms with Crippen molar-refractivity contribution in [2.24, 2.45) is 0 Å². The van der Waals surface area contributed by atoms with Gasteiger partial charge in [-0.15, -0.1) is 11.3 Å². The molecule has 0 aromatic carbocycles. The van der Waals surface area contributed by atoms with Gasteiger partial charge in [0.05, 0.1) is 5.54 Å². The molecule has 0 radical (unpaired) electrons. The molecule has 0 saturated heterocycles. The summed E-state index contributed by atoms with van der Waals surface area (Å²) >= 11 is 1.81. The Morgan fingerprint density at radius 2 is 2.06 bits per heavy atom. The number of aryl methyl sites for hydroxylation is 1. The molecule has 3 heteroatoms. The quantitative estimate of drug-likeness (QED) is 0.750. The Kier molecular flexibility index (Phi) is 6.14. The van der Waals surface area contributed by atoms with Gasteiger partial charge in [-0.05, 0) is 32.7 Å². The van der Waals surface area contributed by atoms with Crippen molar-refractivity contribution in [3.63, 3.8) is 0 Å². The van der Waals surface area contributed by atoms with Crippen molar-refractivity contribution in [3.05, 3.63) is 16.1 Å². The molecule has 2 nitrogen and oxygen atoms in total. The van der Waals surface area contributed by atoms with Gasteiger partial charge in [-0.2, -0.15) is 0 Å². The maximum Gasteiger partial charge on any atom is 0.113 e. The molecule has 1 aromatic heterocycles. The van der Waals surface area contributed by atoms with Crippen LogP contribution >= 0.6 is 11.3 Å². The van der Waals surface area contributed by atoms with Gasteiger partial charge < -0.3 is 5.32 Å². The van der Waals surface area contributed by atoms with E-state index >= 15 is 0 Å². The lowest BCUT2D eigenvalue weighted by Gasteiger charge is -2.32. The summed E-state index contributed by atoms with van der Waals surface area (Å²) in [7, 11) is 0. The maximum atomic E-state index is 4.72. The van der Waals surface area contributed by atoms with Gasteiger partial charge in [-0.1, -0.05) is 33.6 Å². The van der Waals surface area contributed by atoms with Crippen molar-refractivity contribution in [2.75, 3.05) is 6.54 Å². The van der Waals surface area contributed by atoms with Crippen LogP contribution in [0.1, 0.15) is 63.6 Å². The van der Waals surface area contributed by atoms with Crippen LogP contribution < -0.4 is 5.32 Å². The number of hydrogen-bond donors (Lipinski definition) is 1. The van der Waals surface area contributed by atoms with Crippen LogP contribution in [-0.4, -0.2) is 11.5 Å². The average molecular weight is 254 g/mol. The van der Waals surface area contributed by atoms with Gasteiger partial charge in [0.25, 0.3) is 0 Å². The van der Waals surface area contributed by atoms with Crippen molar-refractivity contribution in [1.82, 2.24) is 10.3 Å². The zero-order valence-corrected chi connectivity index (χ0v) is 12.5.